The largest absolute Gasteiger partial charge is 0.496 e. The van der Waals surface area contributed by atoms with Gasteiger partial charge in [-0.15, -0.1) is 0 Å². The fourth-order valence-electron chi connectivity index (χ4n) is 3.29. The van der Waals surface area contributed by atoms with Gasteiger partial charge in [-0.05, 0) is 67.6 Å². The van der Waals surface area contributed by atoms with Crippen molar-refractivity contribution in [1.82, 2.24) is 5.32 Å². The second-order valence-electron chi connectivity index (χ2n) is 6.11. The number of aryl methyl sites for hydroxylation is 2. The van der Waals surface area contributed by atoms with E-state index >= 15 is 0 Å². The first kappa shape index (κ1) is 15.9. The van der Waals surface area contributed by atoms with E-state index in [2.05, 4.69) is 49.5 Å². The Bertz CT molecular complexity index is 709. The molecule has 2 aromatic rings. The van der Waals surface area contributed by atoms with Crippen LogP contribution >= 0.6 is 0 Å². The van der Waals surface area contributed by atoms with E-state index in [1.54, 1.807) is 7.11 Å². The van der Waals surface area contributed by atoms with Gasteiger partial charge < -0.3 is 14.8 Å². The van der Waals surface area contributed by atoms with E-state index in [0.29, 0.717) is 6.61 Å². The highest BCUT2D eigenvalue weighted by molar-refractivity contribution is 5.50. The summed E-state index contributed by atoms with van der Waals surface area (Å²) in [5.41, 5.74) is 6.44. The van der Waals surface area contributed by atoms with Crippen LogP contribution in [-0.2, 0) is 6.42 Å². The smallest absolute Gasteiger partial charge is 0.124 e. The van der Waals surface area contributed by atoms with Gasteiger partial charge in [0.2, 0.25) is 0 Å². The molecule has 0 saturated carbocycles. The van der Waals surface area contributed by atoms with Crippen LogP contribution in [0.15, 0.2) is 30.3 Å². The molecule has 1 aliphatic heterocycles. The lowest BCUT2D eigenvalue weighted by molar-refractivity contribution is 0.339. The second kappa shape index (κ2) is 6.63. The van der Waals surface area contributed by atoms with Crippen molar-refractivity contribution in [2.75, 3.05) is 20.3 Å². The number of fused-ring (bicyclic) bond motifs is 1. The van der Waals surface area contributed by atoms with Gasteiger partial charge in [0.15, 0.2) is 0 Å². The quantitative estimate of drug-likeness (QED) is 0.927. The van der Waals surface area contributed by atoms with Gasteiger partial charge in [0, 0.05) is 12.1 Å². The average molecular weight is 311 g/mol. The van der Waals surface area contributed by atoms with E-state index in [1.165, 1.54) is 27.8 Å². The molecular formula is C20H25NO2. The lowest BCUT2D eigenvalue weighted by Crippen LogP contribution is -2.31. The van der Waals surface area contributed by atoms with Crippen LogP contribution < -0.4 is 14.8 Å². The molecule has 122 valence electrons. The summed E-state index contributed by atoms with van der Waals surface area (Å²) in [5, 5.41) is 3.64. The van der Waals surface area contributed by atoms with Crippen molar-refractivity contribution in [3.63, 3.8) is 0 Å². The topological polar surface area (TPSA) is 30.5 Å². The highest BCUT2D eigenvalue weighted by atomic mass is 16.5. The number of benzene rings is 2. The van der Waals surface area contributed by atoms with E-state index in [0.717, 1.165) is 24.5 Å². The van der Waals surface area contributed by atoms with Crippen LogP contribution in [0.5, 0.6) is 11.5 Å². The molecule has 3 nitrogen and oxygen atoms in total. The fraction of sp³-hybridized carbons (Fsp3) is 0.400. The SMILES string of the molecule is CCOc1ccc2c(c1)CCNC2c1cc(C)c(C)cc1OC. The van der Waals surface area contributed by atoms with Crippen LogP contribution in [-0.4, -0.2) is 20.3 Å². The van der Waals surface area contributed by atoms with Gasteiger partial charge in [0.1, 0.15) is 11.5 Å². The first-order valence-electron chi connectivity index (χ1n) is 8.28. The molecule has 1 atom stereocenters. The van der Waals surface area contributed by atoms with Gasteiger partial charge in [-0.25, -0.2) is 0 Å². The molecule has 2 aromatic carbocycles. The van der Waals surface area contributed by atoms with Crippen LogP contribution in [0.1, 0.15) is 40.8 Å². The zero-order chi connectivity index (χ0) is 16.4. The molecule has 1 unspecified atom stereocenters. The summed E-state index contributed by atoms with van der Waals surface area (Å²) in [5.74, 6) is 1.91. The molecule has 0 radical (unpaired) electrons. The minimum atomic E-state index is 0.170. The molecule has 3 rings (SSSR count). The van der Waals surface area contributed by atoms with Gasteiger partial charge in [-0.2, -0.15) is 0 Å². The number of rotatable bonds is 4. The van der Waals surface area contributed by atoms with Crippen LogP contribution in [0.4, 0.5) is 0 Å². The Kier molecular flexibility index (Phi) is 4.58. The first-order valence-corrected chi connectivity index (χ1v) is 8.28. The summed E-state index contributed by atoms with van der Waals surface area (Å²) >= 11 is 0. The maximum atomic E-state index is 5.65. The normalized spacial score (nSPS) is 16.8. The number of hydrogen-bond acceptors (Lipinski definition) is 3. The summed E-state index contributed by atoms with van der Waals surface area (Å²) in [6, 6.07) is 11.0. The molecule has 1 N–H and O–H groups in total. The lowest BCUT2D eigenvalue weighted by atomic mass is 9.88. The number of ether oxygens (including phenoxy) is 2. The maximum absolute atomic E-state index is 5.65. The van der Waals surface area contributed by atoms with E-state index in [1.807, 2.05) is 6.92 Å². The summed E-state index contributed by atoms with van der Waals surface area (Å²) in [6.45, 7) is 7.96. The van der Waals surface area contributed by atoms with E-state index in [-0.39, 0.29) is 6.04 Å². The number of methoxy groups -OCH3 is 1. The van der Waals surface area contributed by atoms with Crippen molar-refractivity contribution in [3.05, 3.63) is 58.1 Å². The third-order valence-corrected chi connectivity index (χ3v) is 4.64. The molecule has 1 aliphatic rings. The van der Waals surface area contributed by atoms with Crippen molar-refractivity contribution in [3.8, 4) is 11.5 Å². The van der Waals surface area contributed by atoms with Crippen LogP contribution in [0.3, 0.4) is 0 Å². The van der Waals surface area contributed by atoms with E-state index in [9.17, 15) is 0 Å². The highest BCUT2D eigenvalue weighted by Gasteiger charge is 2.24. The Morgan fingerprint density at radius 3 is 2.61 bits per heavy atom. The van der Waals surface area contributed by atoms with Gasteiger partial charge in [0.25, 0.3) is 0 Å². The predicted molar refractivity (Wildman–Crippen MR) is 93.6 cm³/mol. The van der Waals surface area contributed by atoms with Gasteiger partial charge >= 0.3 is 0 Å². The summed E-state index contributed by atoms with van der Waals surface area (Å²) < 4.78 is 11.3. The standard InChI is InChI=1S/C20H25NO2/c1-5-23-16-6-7-17-15(12-16)8-9-21-20(17)18-10-13(2)14(3)11-19(18)22-4/h6-7,10-12,20-21H,5,8-9H2,1-4H3. The molecule has 23 heavy (non-hydrogen) atoms. The molecule has 0 fully saturated rings. The third-order valence-electron chi connectivity index (χ3n) is 4.64. The average Bonchev–Trinajstić information content (AvgIpc) is 2.56. The van der Waals surface area contributed by atoms with Gasteiger partial charge in [-0.3, -0.25) is 0 Å². The molecule has 1 heterocycles. The molecule has 0 saturated heterocycles. The van der Waals surface area contributed by atoms with Gasteiger partial charge in [0.05, 0.1) is 19.8 Å². The molecule has 0 bridgehead atoms. The van der Waals surface area contributed by atoms with Crippen molar-refractivity contribution in [2.45, 2.75) is 33.2 Å². The first-order chi connectivity index (χ1) is 11.1. The minimum Gasteiger partial charge on any atom is -0.496 e. The van der Waals surface area contributed by atoms with Crippen molar-refractivity contribution >= 4 is 0 Å². The Morgan fingerprint density at radius 1 is 1.09 bits per heavy atom. The predicted octanol–water partition coefficient (Wildman–Crippen LogP) is 3.95. The third kappa shape index (κ3) is 3.06. The van der Waals surface area contributed by atoms with Crippen molar-refractivity contribution < 1.29 is 9.47 Å². The van der Waals surface area contributed by atoms with Crippen LogP contribution in [0.2, 0.25) is 0 Å². The Balaban J connectivity index is 2.05. The molecule has 0 amide bonds. The van der Waals surface area contributed by atoms with Crippen molar-refractivity contribution in [2.24, 2.45) is 0 Å². The molecule has 0 aliphatic carbocycles. The summed E-state index contributed by atoms with van der Waals surface area (Å²) in [6.07, 6.45) is 1.03. The highest BCUT2D eigenvalue weighted by Crippen LogP contribution is 2.36. The van der Waals surface area contributed by atoms with Crippen LogP contribution in [0, 0.1) is 13.8 Å². The number of hydrogen-bond donors (Lipinski definition) is 1. The fourth-order valence-corrected chi connectivity index (χ4v) is 3.29. The Hall–Kier alpha value is -2.00. The minimum absolute atomic E-state index is 0.170. The Labute approximate surface area is 138 Å². The van der Waals surface area contributed by atoms with E-state index in [4.69, 9.17) is 9.47 Å². The van der Waals surface area contributed by atoms with Crippen LogP contribution in [0.25, 0.3) is 0 Å². The molecule has 3 heteroatoms. The molecular weight excluding hydrogens is 286 g/mol. The molecule has 0 spiro atoms. The monoisotopic (exact) mass is 311 g/mol. The zero-order valence-corrected chi connectivity index (χ0v) is 14.4. The number of nitrogens with one attached hydrogen (secondary N) is 1. The second-order valence-corrected chi connectivity index (χ2v) is 6.11. The summed E-state index contributed by atoms with van der Waals surface area (Å²) in [7, 11) is 1.75. The lowest BCUT2D eigenvalue weighted by Gasteiger charge is -2.29. The Morgan fingerprint density at radius 2 is 1.87 bits per heavy atom. The zero-order valence-electron chi connectivity index (χ0n) is 14.4. The molecule has 0 aromatic heterocycles. The van der Waals surface area contributed by atoms with Crippen molar-refractivity contribution in [1.29, 1.82) is 0 Å². The summed E-state index contributed by atoms with van der Waals surface area (Å²) in [4.78, 5) is 0. The van der Waals surface area contributed by atoms with Gasteiger partial charge in [-0.1, -0.05) is 12.1 Å². The van der Waals surface area contributed by atoms with E-state index < -0.39 is 0 Å². The maximum Gasteiger partial charge on any atom is 0.124 e.